The Bertz CT molecular complexity index is 531. The van der Waals surface area contributed by atoms with Crippen molar-refractivity contribution >= 4 is 11.6 Å². The summed E-state index contributed by atoms with van der Waals surface area (Å²) in [7, 11) is 0. The third-order valence-corrected chi connectivity index (χ3v) is 5.40. The van der Waals surface area contributed by atoms with Crippen molar-refractivity contribution in [2.24, 2.45) is 22.6 Å². The molecule has 0 unspecified atom stereocenters. The lowest BCUT2D eigenvalue weighted by Crippen LogP contribution is -2.37. The van der Waals surface area contributed by atoms with Gasteiger partial charge < -0.3 is 21.1 Å². The molecule has 0 spiro atoms. The molecule has 4 N–H and O–H groups in total. The first-order chi connectivity index (χ1) is 11.7. The summed E-state index contributed by atoms with van der Waals surface area (Å²) in [6, 6.07) is 8.61. The molecular formula is C19H30N4O. The van der Waals surface area contributed by atoms with Gasteiger partial charge in [-0.05, 0) is 55.2 Å². The maximum Gasteiger partial charge on any atom is 0.188 e. The summed E-state index contributed by atoms with van der Waals surface area (Å²) < 4.78 is 0. The van der Waals surface area contributed by atoms with Crippen LogP contribution in [0.1, 0.15) is 37.7 Å². The Labute approximate surface area is 145 Å². The minimum Gasteiger partial charge on any atom is -0.396 e. The Morgan fingerprint density at radius 2 is 1.83 bits per heavy atom. The number of piperidine rings is 1. The number of nitrogens with one attached hydrogen (secondary N) is 1. The fraction of sp³-hybridized carbons (Fsp3) is 0.632. The second kappa shape index (κ2) is 8.38. The molecule has 0 radical (unpaired) electrons. The number of guanidine groups is 1. The number of hydrogen-bond acceptors (Lipinski definition) is 3. The van der Waals surface area contributed by atoms with Gasteiger partial charge in [0.05, 0.1) is 6.54 Å². The topological polar surface area (TPSA) is 73.9 Å². The summed E-state index contributed by atoms with van der Waals surface area (Å²) >= 11 is 0. The van der Waals surface area contributed by atoms with Crippen molar-refractivity contribution in [1.82, 2.24) is 5.32 Å². The van der Waals surface area contributed by atoms with Crippen LogP contribution in [0.15, 0.2) is 29.3 Å². The Balaban J connectivity index is 1.45. The van der Waals surface area contributed by atoms with E-state index in [0.717, 1.165) is 38.4 Å². The van der Waals surface area contributed by atoms with Gasteiger partial charge >= 0.3 is 0 Å². The quantitative estimate of drug-likeness (QED) is 0.552. The highest BCUT2D eigenvalue weighted by Gasteiger charge is 2.18. The summed E-state index contributed by atoms with van der Waals surface area (Å²) in [5, 5.41) is 12.5. The molecule has 0 amide bonds. The van der Waals surface area contributed by atoms with Crippen molar-refractivity contribution in [3.05, 3.63) is 29.8 Å². The van der Waals surface area contributed by atoms with Gasteiger partial charge in [-0.25, -0.2) is 4.99 Å². The first-order valence-corrected chi connectivity index (χ1v) is 9.23. The van der Waals surface area contributed by atoms with Gasteiger partial charge in [0.1, 0.15) is 0 Å². The Morgan fingerprint density at radius 3 is 2.42 bits per heavy atom. The molecule has 1 aromatic rings. The van der Waals surface area contributed by atoms with Crippen LogP contribution < -0.4 is 16.0 Å². The molecule has 1 saturated heterocycles. The van der Waals surface area contributed by atoms with E-state index in [4.69, 9.17) is 5.73 Å². The largest absolute Gasteiger partial charge is 0.396 e. The summed E-state index contributed by atoms with van der Waals surface area (Å²) in [5.74, 6) is 1.82. The minimum absolute atomic E-state index is 0.320. The van der Waals surface area contributed by atoms with Gasteiger partial charge in [0.2, 0.25) is 0 Å². The second-order valence-corrected chi connectivity index (χ2v) is 7.16. The van der Waals surface area contributed by atoms with Gasteiger partial charge in [-0.3, -0.25) is 0 Å². The molecule has 1 saturated carbocycles. The lowest BCUT2D eigenvalue weighted by atomic mass is 9.85. The number of rotatable bonds is 6. The van der Waals surface area contributed by atoms with Gasteiger partial charge in [-0.15, -0.1) is 0 Å². The Kier molecular flexibility index (Phi) is 5.96. The maximum atomic E-state index is 9.23. The average Bonchev–Trinajstić information content (AvgIpc) is 2.59. The zero-order valence-corrected chi connectivity index (χ0v) is 14.5. The van der Waals surface area contributed by atoms with Crippen LogP contribution in [0.4, 0.5) is 5.69 Å². The normalized spacial score (nSPS) is 20.0. The smallest absolute Gasteiger partial charge is 0.188 e. The van der Waals surface area contributed by atoms with E-state index in [1.54, 1.807) is 0 Å². The number of benzene rings is 1. The monoisotopic (exact) mass is 330 g/mol. The number of aliphatic hydroxyl groups excluding tert-OH is 1. The van der Waals surface area contributed by atoms with Gasteiger partial charge in [0.25, 0.3) is 0 Å². The van der Waals surface area contributed by atoms with E-state index < -0.39 is 0 Å². The maximum absolute atomic E-state index is 9.23. The molecule has 1 aliphatic carbocycles. The molecule has 0 aromatic heterocycles. The molecule has 1 aromatic carbocycles. The fourth-order valence-corrected chi connectivity index (χ4v) is 3.36. The molecule has 0 atom stereocenters. The van der Waals surface area contributed by atoms with Crippen molar-refractivity contribution in [2.45, 2.75) is 38.6 Å². The predicted octanol–water partition coefficient (Wildman–Crippen LogP) is 2.10. The lowest BCUT2D eigenvalue weighted by Gasteiger charge is -2.32. The highest BCUT2D eigenvalue weighted by molar-refractivity contribution is 5.77. The molecule has 1 heterocycles. The number of hydrogen-bond donors (Lipinski definition) is 3. The lowest BCUT2D eigenvalue weighted by molar-refractivity contribution is 0.203. The number of nitrogens with zero attached hydrogens (tertiary/aromatic N) is 2. The number of aliphatic imine (C=N–C) groups is 1. The summed E-state index contributed by atoms with van der Waals surface area (Å²) in [4.78, 5) is 6.83. The zero-order valence-electron chi connectivity index (χ0n) is 14.5. The molecular weight excluding hydrogens is 300 g/mol. The Hall–Kier alpha value is -1.75. The van der Waals surface area contributed by atoms with Crippen molar-refractivity contribution in [3.8, 4) is 0 Å². The predicted molar refractivity (Wildman–Crippen MR) is 99.1 cm³/mol. The van der Waals surface area contributed by atoms with E-state index in [1.165, 1.54) is 30.5 Å². The van der Waals surface area contributed by atoms with Crippen LogP contribution in [0.3, 0.4) is 0 Å². The van der Waals surface area contributed by atoms with E-state index in [9.17, 15) is 5.11 Å². The van der Waals surface area contributed by atoms with Gasteiger partial charge in [0.15, 0.2) is 5.96 Å². The SMILES string of the molecule is NC(=NCc1ccc(N2CCC(CO)CC2)cc1)NCC1CCC1. The average molecular weight is 330 g/mol. The highest BCUT2D eigenvalue weighted by atomic mass is 16.3. The van der Waals surface area contributed by atoms with Gasteiger partial charge in [0, 0.05) is 31.9 Å². The molecule has 0 bridgehead atoms. The van der Waals surface area contributed by atoms with Crippen LogP contribution in [0, 0.1) is 11.8 Å². The number of anilines is 1. The number of aliphatic hydroxyl groups is 1. The van der Waals surface area contributed by atoms with Crippen LogP contribution in [-0.4, -0.2) is 37.3 Å². The van der Waals surface area contributed by atoms with Gasteiger partial charge in [-0.2, -0.15) is 0 Å². The van der Waals surface area contributed by atoms with Crippen LogP contribution in [0.5, 0.6) is 0 Å². The van der Waals surface area contributed by atoms with Crippen LogP contribution >= 0.6 is 0 Å². The summed E-state index contributed by atoms with van der Waals surface area (Å²) in [6.07, 6.45) is 6.14. The van der Waals surface area contributed by atoms with Crippen LogP contribution in [0.25, 0.3) is 0 Å². The third kappa shape index (κ3) is 4.63. The zero-order chi connectivity index (χ0) is 16.8. The fourth-order valence-electron chi connectivity index (χ4n) is 3.36. The molecule has 2 fully saturated rings. The molecule has 3 rings (SSSR count). The van der Waals surface area contributed by atoms with E-state index in [2.05, 4.69) is 39.5 Å². The first kappa shape index (κ1) is 17.1. The van der Waals surface area contributed by atoms with E-state index in [0.29, 0.717) is 25.0 Å². The standard InChI is InChI=1S/C19H30N4O/c20-19(21-12-15-2-1-3-15)22-13-16-4-6-18(7-5-16)23-10-8-17(14-24)9-11-23/h4-7,15,17,24H,1-3,8-14H2,(H3,20,21,22). The van der Waals surface area contributed by atoms with E-state index in [1.807, 2.05) is 0 Å². The molecule has 5 heteroatoms. The van der Waals surface area contributed by atoms with E-state index in [-0.39, 0.29) is 0 Å². The molecule has 24 heavy (non-hydrogen) atoms. The second-order valence-electron chi connectivity index (χ2n) is 7.16. The van der Waals surface area contributed by atoms with Crippen molar-refractivity contribution < 1.29 is 5.11 Å². The Morgan fingerprint density at radius 1 is 1.12 bits per heavy atom. The van der Waals surface area contributed by atoms with Gasteiger partial charge in [-0.1, -0.05) is 18.6 Å². The molecule has 132 valence electrons. The first-order valence-electron chi connectivity index (χ1n) is 9.23. The number of nitrogens with two attached hydrogens (primary N) is 1. The molecule has 5 nitrogen and oxygen atoms in total. The van der Waals surface area contributed by atoms with Crippen LogP contribution in [0.2, 0.25) is 0 Å². The van der Waals surface area contributed by atoms with Crippen molar-refractivity contribution in [1.29, 1.82) is 0 Å². The van der Waals surface area contributed by atoms with Crippen molar-refractivity contribution in [3.63, 3.8) is 0 Å². The summed E-state index contributed by atoms with van der Waals surface area (Å²) in [5.41, 5.74) is 8.37. The third-order valence-electron chi connectivity index (χ3n) is 5.40. The highest BCUT2D eigenvalue weighted by Crippen LogP contribution is 2.25. The van der Waals surface area contributed by atoms with Crippen LogP contribution in [-0.2, 0) is 6.54 Å². The molecule has 1 aliphatic heterocycles. The minimum atomic E-state index is 0.320. The van der Waals surface area contributed by atoms with E-state index >= 15 is 0 Å². The molecule has 2 aliphatic rings. The van der Waals surface area contributed by atoms with Crippen molar-refractivity contribution in [2.75, 3.05) is 31.1 Å². The summed E-state index contributed by atoms with van der Waals surface area (Å²) in [6.45, 7) is 3.96.